The molecule has 18 heavy (non-hydrogen) atoms. The SMILES string of the molecule is Oc1c(Br)cc(Cl)cc1C=Nc1ccccc1F. The molecule has 2 aromatic rings. The van der Waals surface area contributed by atoms with Crippen LogP contribution >= 0.6 is 27.5 Å². The fourth-order valence-corrected chi connectivity index (χ4v) is 2.21. The maximum absolute atomic E-state index is 13.3. The molecule has 0 aliphatic heterocycles. The Morgan fingerprint density at radius 3 is 2.72 bits per heavy atom. The molecule has 0 saturated heterocycles. The van der Waals surface area contributed by atoms with Crippen molar-refractivity contribution in [3.63, 3.8) is 0 Å². The van der Waals surface area contributed by atoms with Crippen molar-refractivity contribution in [2.75, 3.05) is 0 Å². The summed E-state index contributed by atoms with van der Waals surface area (Å²) in [6, 6.07) is 9.25. The number of halogens is 3. The number of hydrogen-bond acceptors (Lipinski definition) is 2. The van der Waals surface area contributed by atoms with Crippen LogP contribution in [0, 0.1) is 5.82 Å². The third kappa shape index (κ3) is 2.89. The van der Waals surface area contributed by atoms with E-state index < -0.39 is 5.82 Å². The molecular formula is C13H8BrClFNO. The standard InChI is InChI=1S/C13H8BrClFNO/c14-10-6-9(15)5-8(13(10)18)7-17-12-4-2-1-3-11(12)16/h1-7,18H. The van der Waals surface area contributed by atoms with E-state index in [1.165, 1.54) is 12.3 Å². The zero-order valence-corrected chi connectivity index (χ0v) is 11.4. The van der Waals surface area contributed by atoms with E-state index in [1.54, 1.807) is 30.3 Å². The van der Waals surface area contributed by atoms with Crippen molar-refractivity contribution in [1.82, 2.24) is 0 Å². The van der Waals surface area contributed by atoms with E-state index in [9.17, 15) is 9.50 Å². The van der Waals surface area contributed by atoms with Crippen LogP contribution in [0.5, 0.6) is 5.75 Å². The van der Waals surface area contributed by atoms with Gasteiger partial charge in [0, 0.05) is 16.8 Å². The molecule has 2 aromatic carbocycles. The lowest BCUT2D eigenvalue weighted by atomic mass is 10.2. The predicted molar refractivity (Wildman–Crippen MR) is 74.5 cm³/mol. The van der Waals surface area contributed by atoms with Gasteiger partial charge >= 0.3 is 0 Å². The van der Waals surface area contributed by atoms with Crippen LogP contribution < -0.4 is 0 Å². The lowest BCUT2D eigenvalue weighted by Crippen LogP contribution is -1.85. The van der Waals surface area contributed by atoms with Crippen LogP contribution in [-0.2, 0) is 0 Å². The highest BCUT2D eigenvalue weighted by molar-refractivity contribution is 9.10. The van der Waals surface area contributed by atoms with Gasteiger partial charge in [0.2, 0.25) is 0 Å². The minimum atomic E-state index is -0.422. The van der Waals surface area contributed by atoms with E-state index >= 15 is 0 Å². The van der Waals surface area contributed by atoms with E-state index in [1.807, 2.05) is 0 Å². The molecule has 0 aromatic heterocycles. The molecule has 0 unspecified atom stereocenters. The van der Waals surface area contributed by atoms with Crippen molar-refractivity contribution >= 4 is 39.4 Å². The highest BCUT2D eigenvalue weighted by Crippen LogP contribution is 2.30. The Hall–Kier alpha value is -1.39. The Balaban J connectivity index is 2.38. The second kappa shape index (κ2) is 5.50. The van der Waals surface area contributed by atoms with Crippen LogP contribution in [0.15, 0.2) is 45.9 Å². The summed E-state index contributed by atoms with van der Waals surface area (Å²) in [5, 5.41) is 10.2. The molecule has 0 amide bonds. The summed E-state index contributed by atoms with van der Waals surface area (Å²) >= 11 is 9.03. The van der Waals surface area contributed by atoms with Crippen molar-refractivity contribution in [3.05, 3.63) is 57.3 Å². The van der Waals surface area contributed by atoms with Gasteiger partial charge in [-0.25, -0.2) is 4.39 Å². The van der Waals surface area contributed by atoms with Crippen LogP contribution in [-0.4, -0.2) is 11.3 Å². The molecule has 5 heteroatoms. The number of hydrogen-bond donors (Lipinski definition) is 1. The molecule has 92 valence electrons. The van der Waals surface area contributed by atoms with Gasteiger partial charge in [-0.05, 0) is 40.2 Å². The fourth-order valence-electron chi connectivity index (χ4n) is 1.38. The molecule has 0 radical (unpaired) electrons. The first kappa shape index (κ1) is 13.1. The van der Waals surface area contributed by atoms with E-state index in [-0.39, 0.29) is 11.4 Å². The normalized spacial score (nSPS) is 11.1. The lowest BCUT2D eigenvalue weighted by molar-refractivity contribution is 0.471. The molecular weight excluding hydrogens is 321 g/mol. The topological polar surface area (TPSA) is 32.6 Å². The Labute approximate surface area is 117 Å². The number of para-hydroxylation sites is 1. The smallest absolute Gasteiger partial charge is 0.148 e. The summed E-state index contributed by atoms with van der Waals surface area (Å²) < 4.78 is 13.8. The molecule has 0 aliphatic carbocycles. The Kier molecular flexibility index (Phi) is 3.99. The molecule has 0 saturated carbocycles. The van der Waals surface area contributed by atoms with Gasteiger partial charge in [0.05, 0.1) is 10.2 Å². The van der Waals surface area contributed by atoms with Crippen molar-refractivity contribution in [2.45, 2.75) is 0 Å². The number of aromatic hydroxyl groups is 1. The molecule has 0 bridgehead atoms. The van der Waals surface area contributed by atoms with Crippen LogP contribution in [0.2, 0.25) is 5.02 Å². The Bertz CT molecular complexity index is 616. The quantitative estimate of drug-likeness (QED) is 0.796. The summed E-state index contributed by atoms with van der Waals surface area (Å²) in [5.41, 5.74) is 0.616. The highest BCUT2D eigenvalue weighted by atomic mass is 79.9. The van der Waals surface area contributed by atoms with Gasteiger partial charge < -0.3 is 5.11 Å². The van der Waals surface area contributed by atoms with E-state index in [2.05, 4.69) is 20.9 Å². The zero-order valence-electron chi connectivity index (χ0n) is 9.07. The molecule has 2 nitrogen and oxygen atoms in total. The molecule has 1 N–H and O–H groups in total. The van der Waals surface area contributed by atoms with E-state index in [0.29, 0.717) is 15.1 Å². The third-order valence-electron chi connectivity index (χ3n) is 2.25. The summed E-state index contributed by atoms with van der Waals surface area (Å²) in [7, 11) is 0. The summed E-state index contributed by atoms with van der Waals surface area (Å²) in [5.74, 6) is -0.408. The van der Waals surface area contributed by atoms with Crippen molar-refractivity contribution in [1.29, 1.82) is 0 Å². The number of phenols is 1. The fraction of sp³-hybridized carbons (Fsp3) is 0. The van der Waals surface area contributed by atoms with Gasteiger partial charge in [0.1, 0.15) is 11.6 Å². The first-order valence-corrected chi connectivity index (χ1v) is 6.21. The average molecular weight is 329 g/mol. The first-order chi connectivity index (χ1) is 8.58. The predicted octanol–water partition coefficient (Wildman–Crippen LogP) is 4.70. The second-order valence-electron chi connectivity index (χ2n) is 3.54. The van der Waals surface area contributed by atoms with E-state index in [4.69, 9.17) is 11.6 Å². The van der Waals surface area contributed by atoms with Gasteiger partial charge in [0.25, 0.3) is 0 Å². The Morgan fingerprint density at radius 2 is 2.00 bits per heavy atom. The number of rotatable bonds is 2. The van der Waals surface area contributed by atoms with Crippen molar-refractivity contribution in [2.24, 2.45) is 4.99 Å². The number of nitrogens with zero attached hydrogens (tertiary/aromatic N) is 1. The highest BCUT2D eigenvalue weighted by Gasteiger charge is 2.06. The lowest BCUT2D eigenvalue weighted by Gasteiger charge is -2.02. The maximum atomic E-state index is 13.3. The van der Waals surface area contributed by atoms with Gasteiger partial charge in [-0.3, -0.25) is 4.99 Å². The summed E-state index contributed by atoms with van der Waals surface area (Å²) in [4.78, 5) is 3.98. The Morgan fingerprint density at radius 1 is 1.28 bits per heavy atom. The average Bonchev–Trinajstić information content (AvgIpc) is 2.33. The van der Waals surface area contributed by atoms with Crippen LogP contribution in [0.3, 0.4) is 0 Å². The minimum absolute atomic E-state index is 0.0134. The second-order valence-corrected chi connectivity index (χ2v) is 4.83. The van der Waals surface area contributed by atoms with Gasteiger partial charge in [-0.2, -0.15) is 0 Å². The molecule has 0 spiro atoms. The summed E-state index contributed by atoms with van der Waals surface area (Å²) in [6.45, 7) is 0. The van der Waals surface area contributed by atoms with Crippen molar-refractivity contribution < 1.29 is 9.50 Å². The molecule has 0 heterocycles. The number of aliphatic imine (C=N–C) groups is 1. The first-order valence-electron chi connectivity index (χ1n) is 5.04. The monoisotopic (exact) mass is 327 g/mol. The number of phenolic OH excluding ortho intramolecular Hbond substituents is 1. The van der Waals surface area contributed by atoms with Crippen LogP contribution in [0.1, 0.15) is 5.56 Å². The molecule has 0 aliphatic rings. The molecule has 2 rings (SSSR count). The minimum Gasteiger partial charge on any atom is -0.506 e. The summed E-state index contributed by atoms with van der Waals surface area (Å²) in [6.07, 6.45) is 1.37. The van der Waals surface area contributed by atoms with Crippen molar-refractivity contribution in [3.8, 4) is 5.75 Å². The van der Waals surface area contributed by atoms with E-state index in [0.717, 1.165) is 0 Å². The molecule has 0 atom stereocenters. The number of benzene rings is 2. The van der Waals surface area contributed by atoms with Crippen LogP contribution in [0.25, 0.3) is 0 Å². The zero-order chi connectivity index (χ0) is 13.1. The van der Waals surface area contributed by atoms with Gasteiger partial charge in [0.15, 0.2) is 0 Å². The molecule has 0 fully saturated rings. The maximum Gasteiger partial charge on any atom is 0.148 e. The largest absolute Gasteiger partial charge is 0.506 e. The van der Waals surface area contributed by atoms with Gasteiger partial charge in [-0.1, -0.05) is 23.7 Å². The third-order valence-corrected chi connectivity index (χ3v) is 3.08. The van der Waals surface area contributed by atoms with Crippen LogP contribution in [0.4, 0.5) is 10.1 Å². The van der Waals surface area contributed by atoms with Gasteiger partial charge in [-0.15, -0.1) is 0 Å².